The van der Waals surface area contributed by atoms with E-state index in [-0.39, 0.29) is 23.8 Å². The van der Waals surface area contributed by atoms with Crippen molar-refractivity contribution in [2.45, 2.75) is 76.2 Å². The van der Waals surface area contributed by atoms with Gasteiger partial charge in [0.15, 0.2) is 11.5 Å². The first-order valence-electron chi connectivity index (χ1n) is 17.2. The van der Waals surface area contributed by atoms with Crippen LogP contribution in [0, 0.1) is 11.8 Å². The molecule has 3 aliphatic rings. The van der Waals surface area contributed by atoms with E-state index in [0.29, 0.717) is 29.6 Å². The van der Waals surface area contributed by atoms with Crippen LogP contribution >= 0.6 is 0 Å². The first kappa shape index (κ1) is 34.6. The number of piperidine rings is 1. The molecule has 2 aromatic rings. The van der Waals surface area contributed by atoms with Gasteiger partial charge in [0.1, 0.15) is 5.75 Å². The zero-order valence-electron chi connectivity index (χ0n) is 28.8. The van der Waals surface area contributed by atoms with Crippen molar-refractivity contribution >= 4 is 17.6 Å². The van der Waals surface area contributed by atoms with Gasteiger partial charge in [0.25, 0.3) is 0 Å². The van der Waals surface area contributed by atoms with Crippen LogP contribution in [0.4, 0.5) is 5.69 Å². The van der Waals surface area contributed by atoms with Crippen molar-refractivity contribution in [2.24, 2.45) is 11.8 Å². The summed E-state index contributed by atoms with van der Waals surface area (Å²) in [5.41, 5.74) is 2.19. The monoisotopic (exact) mass is 648 g/mol. The average molecular weight is 649 g/mol. The van der Waals surface area contributed by atoms with Gasteiger partial charge in [-0.3, -0.25) is 9.69 Å². The SMILES string of the molecule is CC[C@H]1CN2CC[C@]3(C(=O)N(CCCCCCCCOc4ccc(OC)c(OC)c4)c4ccccc43)[C@@H]2C[C@@H]1/C(=C\OC)C(=O)OC. The number of benzene rings is 2. The molecule has 5 rings (SSSR count). The van der Waals surface area contributed by atoms with Crippen LogP contribution in [0.1, 0.15) is 70.3 Å². The quantitative estimate of drug-likeness (QED) is 0.0879. The molecular weight excluding hydrogens is 596 g/mol. The third-order valence-electron chi connectivity index (χ3n) is 10.6. The fraction of sp³-hybridized carbons (Fsp3) is 0.579. The Labute approximate surface area is 280 Å². The summed E-state index contributed by atoms with van der Waals surface area (Å²) in [5.74, 6) is 2.29. The van der Waals surface area contributed by atoms with Gasteiger partial charge in [-0.25, -0.2) is 4.79 Å². The molecular formula is C38H52N2O7. The highest BCUT2D eigenvalue weighted by molar-refractivity contribution is 6.09. The number of ether oxygens (including phenoxy) is 5. The van der Waals surface area contributed by atoms with Gasteiger partial charge in [-0.1, -0.05) is 57.2 Å². The number of amides is 1. The molecule has 0 aliphatic carbocycles. The van der Waals surface area contributed by atoms with Crippen molar-refractivity contribution in [3.8, 4) is 17.2 Å². The maximum absolute atomic E-state index is 14.6. The number of esters is 1. The summed E-state index contributed by atoms with van der Waals surface area (Å²) < 4.78 is 27.1. The van der Waals surface area contributed by atoms with Crippen molar-refractivity contribution in [2.75, 3.05) is 59.6 Å². The number of unbranched alkanes of at least 4 members (excludes halogenated alkanes) is 5. The van der Waals surface area contributed by atoms with E-state index in [1.165, 1.54) is 7.11 Å². The van der Waals surface area contributed by atoms with Gasteiger partial charge in [0.2, 0.25) is 5.91 Å². The Morgan fingerprint density at radius 3 is 2.43 bits per heavy atom. The number of anilines is 1. The van der Waals surface area contributed by atoms with Gasteiger partial charge in [0, 0.05) is 30.9 Å². The number of carbonyl (C=O) groups excluding carboxylic acids is 2. The van der Waals surface area contributed by atoms with E-state index in [0.717, 1.165) is 94.4 Å². The summed E-state index contributed by atoms with van der Waals surface area (Å²) >= 11 is 0. The molecule has 2 fully saturated rings. The molecule has 4 atom stereocenters. The average Bonchev–Trinajstić information content (AvgIpc) is 3.60. The van der Waals surface area contributed by atoms with Gasteiger partial charge in [0.05, 0.1) is 52.3 Å². The lowest BCUT2D eigenvalue weighted by Gasteiger charge is -2.45. The number of carbonyl (C=O) groups is 2. The third-order valence-corrected chi connectivity index (χ3v) is 10.6. The molecule has 47 heavy (non-hydrogen) atoms. The second kappa shape index (κ2) is 15.9. The molecule has 0 saturated carbocycles. The molecule has 9 nitrogen and oxygen atoms in total. The molecule has 9 heteroatoms. The van der Waals surface area contributed by atoms with Gasteiger partial charge in [-0.15, -0.1) is 0 Å². The molecule has 3 heterocycles. The standard InChI is InChI=1S/C38H52N2O7/c1-6-27-25-39-21-19-38(35(39)24-29(27)30(26-43-2)36(41)46-5)31-15-11-12-16-32(31)40(37(38)42)20-13-9-7-8-10-14-22-47-28-17-18-33(44-3)34(23-28)45-4/h11-12,15-18,23,26-27,29,35H,6-10,13-14,19-22,24-25H2,1-5H3/b30-26+/t27-,29-,35-,38+/m0/s1. The van der Waals surface area contributed by atoms with Crippen molar-refractivity contribution in [3.05, 3.63) is 59.9 Å². The van der Waals surface area contributed by atoms with Crippen LogP contribution in [0.25, 0.3) is 0 Å². The summed E-state index contributed by atoms with van der Waals surface area (Å²) in [7, 11) is 6.24. The lowest BCUT2D eigenvalue weighted by molar-refractivity contribution is -0.137. The maximum Gasteiger partial charge on any atom is 0.337 e. The Bertz CT molecular complexity index is 1410. The molecule has 0 radical (unpaired) electrons. The predicted octanol–water partition coefficient (Wildman–Crippen LogP) is 6.53. The van der Waals surface area contributed by atoms with E-state index in [9.17, 15) is 9.59 Å². The Morgan fingerprint density at radius 1 is 0.957 bits per heavy atom. The number of fused-ring (bicyclic) bond motifs is 4. The Hall–Kier alpha value is -3.72. The Morgan fingerprint density at radius 2 is 1.70 bits per heavy atom. The first-order valence-corrected chi connectivity index (χ1v) is 17.2. The summed E-state index contributed by atoms with van der Waals surface area (Å²) in [5, 5.41) is 0. The molecule has 3 aliphatic heterocycles. The van der Waals surface area contributed by atoms with Crippen molar-refractivity contribution in [1.29, 1.82) is 0 Å². The van der Waals surface area contributed by atoms with Crippen LogP contribution in [0.5, 0.6) is 17.2 Å². The zero-order valence-corrected chi connectivity index (χ0v) is 28.8. The van der Waals surface area contributed by atoms with Crippen LogP contribution in [-0.4, -0.2) is 77.5 Å². The summed E-state index contributed by atoms with van der Waals surface area (Å²) in [6.45, 7) is 5.32. The van der Waals surface area contributed by atoms with E-state index < -0.39 is 5.41 Å². The van der Waals surface area contributed by atoms with E-state index in [1.807, 2.05) is 24.3 Å². The minimum absolute atomic E-state index is 0.0259. The van der Waals surface area contributed by atoms with Crippen LogP contribution in [0.15, 0.2) is 54.3 Å². The minimum Gasteiger partial charge on any atom is -0.504 e. The highest BCUT2D eigenvalue weighted by Gasteiger charge is 2.62. The van der Waals surface area contributed by atoms with Gasteiger partial charge in [-0.05, 0) is 67.8 Å². The minimum atomic E-state index is -0.588. The molecule has 0 unspecified atom stereocenters. The first-order chi connectivity index (χ1) is 22.9. The van der Waals surface area contributed by atoms with Gasteiger partial charge < -0.3 is 28.6 Å². The van der Waals surface area contributed by atoms with Gasteiger partial charge in [-0.2, -0.15) is 0 Å². The van der Waals surface area contributed by atoms with Crippen LogP contribution in [0.2, 0.25) is 0 Å². The lowest BCUT2D eigenvalue weighted by atomic mass is 9.67. The van der Waals surface area contributed by atoms with Crippen molar-refractivity contribution in [1.82, 2.24) is 4.90 Å². The molecule has 2 saturated heterocycles. The number of hydrogen-bond donors (Lipinski definition) is 0. The normalized spacial score (nSPS) is 23.9. The molecule has 2 aromatic carbocycles. The number of methoxy groups -OCH3 is 4. The Kier molecular flexibility index (Phi) is 11.7. The van der Waals surface area contributed by atoms with E-state index >= 15 is 0 Å². The smallest absolute Gasteiger partial charge is 0.337 e. The molecule has 0 N–H and O–H groups in total. The second-order valence-corrected chi connectivity index (χ2v) is 13.0. The topological polar surface area (TPSA) is 86.8 Å². The number of rotatable bonds is 16. The molecule has 256 valence electrons. The largest absolute Gasteiger partial charge is 0.504 e. The predicted molar refractivity (Wildman–Crippen MR) is 182 cm³/mol. The van der Waals surface area contributed by atoms with Crippen LogP contribution < -0.4 is 19.1 Å². The van der Waals surface area contributed by atoms with Gasteiger partial charge >= 0.3 is 5.97 Å². The number of nitrogens with zero attached hydrogens (tertiary/aromatic N) is 2. The molecule has 0 bridgehead atoms. The summed E-state index contributed by atoms with van der Waals surface area (Å²) in [4.78, 5) is 32.0. The summed E-state index contributed by atoms with van der Waals surface area (Å²) in [6.07, 6.45) is 10.4. The van der Waals surface area contributed by atoms with Crippen LogP contribution in [0.3, 0.4) is 0 Å². The maximum atomic E-state index is 14.6. The Balaban J connectivity index is 1.16. The van der Waals surface area contributed by atoms with Crippen molar-refractivity contribution in [3.63, 3.8) is 0 Å². The van der Waals surface area contributed by atoms with Crippen LogP contribution in [-0.2, 0) is 24.5 Å². The third kappa shape index (κ3) is 6.96. The highest BCUT2D eigenvalue weighted by Crippen LogP contribution is 2.55. The highest BCUT2D eigenvalue weighted by atomic mass is 16.5. The molecule has 1 spiro atoms. The second-order valence-electron chi connectivity index (χ2n) is 13.0. The fourth-order valence-corrected chi connectivity index (χ4v) is 8.22. The van der Waals surface area contributed by atoms with E-state index in [1.54, 1.807) is 27.6 Å². The zero-order chi connectivity index (χ0) is 33.4. The number of hydrogen-bond acceptors (Lipinski definition) is 8. The molecule has 1 amide bonds. The summed E-state index contributed by atoms with van der Waals surface area (Å²) in [6, 6.07) is 14.0. The van der Waals surface area contributed by atoms with E-state index in [4.69, 9.17) is 23.7 Å². The van der Waals surface area contributed by atoms with Crippen molar-refractivity contribution < 1.29 is 33.3 Å². The molecule has 0 aromatic heterocycles. The number of para-hydroxylation sites is 1. The fourth-order valence-electron chi connectivity index (χ4n) is 8.22. The lowest BCUT2D eigenvalue weighted by Crippen LogP contribution is -2.55. The van der Waals surface area contributed by atoms with E-state index in [2.05, 4.69) is 34.9 Å².